The van der Waals surface area contributed by atoms with Gasteiger partial charge in [-0.3, -0.25) is 4.79 Å². The SMILES string of the molecule is CC(=O)N1N=C(c2ccc(Cl)c(Cl)c2)C[C@@H]1c1ccc2c(c1)OCO2. The van der Waals surface area contributed by atoms with E-state index in [1.807, 2.05) is 24.3 Å². The predicted molar refractivity (Wildman–Crippen MR) is 95.4 cm³/mol. The summed E-state index contributed by atoms with van der Waals surface area (Å²) in [5.74, 6) is 1.27. The van der Waals surface area contributed by atoms with Gasteiger partial charge in [0.25, 0.3) is 0 Å². The molecule has 25 heavy (non-hydrogen) atoms. The lowest BCUT2D eigenvalue weighted by Crippen LogP contribution is -2.24. The second-order valence-corrected chi connectivity index (χ2v) is 6.69. The number of fused-ring (bicyclic) bond motifs is 1. The maximum absolute atomic E-state index is 12.1. The van der Waals surface area contributed by atoms with Crippen LogP contribution in [0.3, 0.4) is 0 Å². The van der Waals surface area contributed by atoms with Crippen LogP contribution in [0.15, 0.2) is 41.5 Å². The third-order valence-electron chi connectivity index (χ3n) is 4.27. The number of carbonyl (C=O) groups is 1. The van der Waals surface area contributed by atoms with Crippen molar-refractivity contribution in [3.05, 3.63) is 57.6 Å². The average Bonchev–Trinajstić information content (AvgIpc) is 3.23. The summed E-state index contributed by atoms with van der Waals surface area (Å²) in [6, 6.07) is 10.8. The van der Waals surface area contributed by atoms with E-state index in [1.54, 1.807) is 12.1 Å². The summed E-state index contributed by atoms with van der Waals surface area (Å²) in [6.07, 6.45) is 0.581. The maximum atomic E-state index is 12.1. The first-order chi connectivity index (χ1) is 12.0. The Morgan fingerprint density at radius 2 is 1.92 bits per heavy atom. The van der Waals surface area contributed by atoms with Gasteiger partial charge in [0.2, 0.25) is 12.7 Å². The van der Waals surface area contributed by atoms with Crippen molar-refractivity contribution in [2.75, 3.05) is 6.79 Å². The minimum atomic E-state index is -0.198. The molecule has 0 saturated carbocycles. The molecule has 1 amide bonds. The van der Waals surface area contributed by atoms with Crippen molar-refractivity contribution in [1.82, 2.24) is 5.01 Å². The van der Waals surface area contributed by atoms with Crippen molar-refractivity contribution in [2.45, 2.75) is 19.4 Å². The van der Waals surface area contributed by atoms with E-state index in [-0.39, 0.29) is 18.7 Å². The Hall–Kier alpha value is -2.24. The molecule has 0 saturated heterocycles. The van der Waals surface area contributed by atoms with Gasteiger partial charge in [-0.1, -0.05) is 35.3 Å². The first-order valence-electron chi connectivity index (χ1n) is 7.75. The molecule has 0 unspecified atom stereocenters. The molecule has 0 fully saturated rings. The molecule has 7 heteroatoms. The predicted octanol–water partition coefficient (Wildman–Crippen LogP) is 4.42. The first kappa shape index (κ1) is 16.2. The van der Waals surface area contributed by atoms with E-state index in [4.69, 9.17) is 32.7 Å². The van der Waals surface area contributed by atoms with Crippen LogP contribution in [0, 0.1) is 0 Å². The Morgan fingerprint density at radius 1 is 1.12 bits per heavy atom. The molecule has 4 rings (SSSR count). The summed E-state index contributed by atoms with van der Waals surface area (Å²) < 4.78 is 10.8. The molecule has 128 valence electrons. The molecular formula is C18H14Cl2N2O3. The lowest BCUT2D eigenvalue weighted by atomic mass is 9.98. The molecule has 2 aliphatic rings. The highest BCUT2D eigenvalue weighted by Gasteiger charge is 2.32. The van der Waals surface area contributed by atoms with Gasteiger partial charge >= 0.3 is 0 Å². The van der Waals surface area contributed by atoms with Crippen LogP contribution in [-0.2, 0) is 4.79 Å². The molecule has 2 heterocycles. The molecule has 0 bridgehead atoms. The van der Waals surface area contributed by atoms with Gasteiger partial charge in [0.15, 0.2) is 11.5 Å². The van der Waals surface area contributed by atoms with E-state index >= 15 is 0 Å². The van der Waals surface area contributed by atoms with Gasteiger partial charge in [-0.25, -0.2) is 5.01 Å². The minimum absolute atomic E-state index is 0.127. The fourth-order valence-corrected chi connectivity index (χ4v) is 3.33. The number of hydrogen-bond acceptors (Lipinski definition) is 4. The molecule has 2 aliphatic heterocycles. The fraction of sp³-hybridized carbons (Fsp3) is 0.222. The van der Waals surface area contributed by atoms with Crippen molar-refractivity contribution in [1.29, 1.82) is 0 Å². The number of hydrazone groups is 1. The van der Waals surface area contributed by atoms with Gasteiger partial charge in [-0.15, -0.1) is 0 Å². The number of nitrogens with zero attached hydrogens (tertiary/aromatic N) is 2. The highest BCUT2D eigenvalue weighted by molar-refractivity contribution is 6.42. The quantitative estimate of drug-likeness (QED) is 0.779. The number of carbonyl (C=O) groups excluding carboxylic acids is 1. The maximum Gasteiger partial charge on any atom is 0.240 e. The van der Waals surface area contributed by atoms with Gasteiger partial charge in [-0.05, 0) is 35.4 Å². The standard InChI is InChI=1S/C18H14Cl2N2O3/c1-10(23)22-16(12-3-5-17-18(7-12)25-9-24-17)8-15(21-22)11-2-4-13(19)14(20)6-11/h2-7,16H,8-9H2,1H3/t16-/m1/s1. The van der Waals surface area contributed by atoms with E-state index in [2.05, 4.69) is 5.10 Å². The zero-order valence-corrected chi connectivity index (χ0v) is 14.8. The molecule has 0 aliphatic carbocycles. The molecule has 0 spiro atoms. The Morgan fingerprint density at radius 3 is 2.68 bits per heavy atom. The second-order valence-electron chi connectivity index (χ2n) is 5.87. The van der Waals surface area contributed by atoms with Gasteiger partial charge < -0.3 is 9.47 Å². The van der Waals surface area contributed by atoms with E-state index in [0.29, 0.717) is 28.0 Å². The molecule has 2 aromatic carbocycles. The van der Waals surface area contributed by atoms with Crippen LogP contribution in [0.2, 0.25) is 10.0 Å². The van der Waals surface area contributed by atoms with Crippen LogP contribution in [-0.4, -0.2) is 23.4 Å². The molecule has 0 radical (unpaired) electrons. The Bertz CT molecular complexity index is 898. The van der Waals surface area contributed by atoms with Gasteiger partial charge in [0.1, 0.15) is 0 Å². The van der Waals surface area contributed by atoms with E-state index in [0.717, 1.165) is 16.8 Å². The average molecular weight is 377 g/mol. The summed E-state index contributed by atoms with van der Waals surface area (Å²) in [5.41, 5.74) is 2.58. The van der Waals surface area contributed by atoms with Gasteiger partial charge in [0, 0.05) is 13.3 Å². The summed E-state index contributed by atoms with van der Waals surface area (Å²) in [5, 5.41) is 6.95. The molecule has 0 N–H and O–H groups in total. The van der Waals surface area contributed by atoms with Gasteiger partial charge in [0.05, 0.1) is 21.8 Å². The number of hydrogen-bond donors (Lipinski definition) is 0. The Labute approximate surface area is 154 Å². The third-order valence-corrected chi connectivity index (χ3v) is 5.01. The van der Waals surface area contributed by atoms with Crippen LogP contribution in [0.25, 0.3) is 0 Å². The first-order valence-corrected chi connectivity index (χ1v) is 8.51. The van der Waals surface area contributed by atoms with Crippen LogP contribution in [0.4, 0.5) is 0 Å². The number of ether oxygens (including phenoxy) is 2. The number of halogens is 2. The number of amides is 1. The minimum Gasteiger partial charge on any atom is -0.454 e. The fourth-order valence-electron chi connectivity index (χ4n) is 3.03. The van der Waals surface area contributed by atoms with Gasteiger partial charge in [-0.2, -0.15) is 5.10 Å². The molecule has 0 aromatic heterocycles. The normalized spacial score (nSPS) is 18.4. The molecule has 5 nitrogen and oxygen atoms in total. The summed E-state index contributed by atoms with van der Waals surface area (Å²) in [7, 11) is 0. The van der Waals surface area contributed by atoms with Crippen molar-refractivity contribution in [2.24, 2.45) is 5.10 Å². The molecule has 2 aromatic rings. The van der Waals surface area contributed by atoms with Crippen LogP contribution in [0.1, 0.15) is 30.5 Å². The molecular weight excluding hydrogens is 363 g/mol. The monoisotopic (exact) mass is 376 g/mol. The smallest absolute Gasteiger partial charge is 0.240 e. The summed E-state index contributed by atoms with van der Waals surface area (Å²) in [6.45, 7) is 1.71. The van der Waals surface area contributed by atoms with Crippen molar-refractivity contribution in [3.8, 4) is 11.5 Å². The Balaban J connectivity index is 1.68. The van der Waals surface area contributed by atoms with E-state index < -0.39 is 0 Å². The lowest BCUT2D eigenvalue weighted by molar-refractivity contribution is -0.130. The van der Waals surface area contributed by atoms with Crippen LogP contribution < -0.4 is 9.47 Å². The Kier molecular flexibility index (Phi) is 4.06. The third kappa shape index (κ3) is 2.94. The van der Waals surface area contributed by atoms with E-state index in [9.17, 15) is 4.79 Å². The summed E-state index contributed by atoms with van der Waals surface area (Å²) >= 11 is 12.1. The number of benzene rings is 2. The van der Waals surface area contributed by atoms with Crippen LogP contribution in [0.5, 0.6) is 11.5 Å². The zero-order chi connectivity index (χ0) is 17.6. The topological polar surface area (TPSA) is 51.1 Å². The van der Waals surface area contributed by atoms with Crippen molar-refractivity contribution >= 4 is 34.8 Å². The van der Waals surface area contributed by atoms with E-state index in [1.165, 1.54) is 11.9 Å². The molecule has 1 atom stereocenters. The summed E-state index contributed by atoms with van der Waals surface area (Å²) in [4.78, 5) is 12.1. The lowest BCUT2D eigenvalue weighted by Gasteiger charge is -2.20. The largest absolute Gasteiger partial charge is 0.454 e. The number of rotatable bonds is 2. The van der Waals surface area contributed by atoms with Crippen molar-refractivity contribution < 1.29 is 14.3 Å². The zero-order valence-electron chi connectivity index (χ0n) is 13.3. The second kappa shape index (κ2) is 6.24. The van der Waals surface area contributed by atoms with Crippen LogP contribution >= 0.6 is 23.2 Å². The highest BCUT2D eigenvalue weighted by atomic mass is 35.5. The van der Waals surface area contributed by atoms with Crippen molar-refractivity contribution in [3.63, 3.8) is 0 Å². The highest BCUT2D eigenvalue weighted by Crippen LogP contribution is 2.39.